The van der Waals surface area contributed by atoms with E-state index in [0.717, 1.165) is 39.0 Å². The van der Waals surface area contributed by atoms with Crippen LogP contribution in [0.15, 0.2) is 30.3 Å². The van der Waals surface area contributed by atoms with Gasteiger partial charge in [0, 0.05) is 18.5 Å². The molecule has 0 bridgehead atoms. The van der Waals surface area contributed by atoms with Crippen molar-refractivity contribution >= 4 is 5.91 Å². The molecular weight excluding hydrogens is 286 g/mol. The number of nitrogens with one attached hydrogen (secondary N) is 2. The Morgan fingerprint density at radius 2 is 2.04 bits per heavy atom. The van der Waals surface area contributed by atoms with E-state index in [1.807, 2.05) is 6.07 Å². The Morgan fingerprint density at radius 1 is 1.30 bits per heavy atom. The molecule has 1 aromatic carbocycles. The fourth-order valence-corrected chi connectivity index (χ4v) is 3.80. The molecule has 2 saturated heterocycles. The molecule has 2 fully saturated rings. The van der Waals surface area contributed by atoms with Crippen molar-refractivity contribution in [3.8, 4) is 0 Å². The average Bonchev–Trinajstić information content (AvgIpc) is 3.08. The Morgan fingerprint density at radius 3 is 2.74 bits per heavy atom. The molecule has 4 nitrogen and oxygen atoms in total. The maximum atomic E-state index is 12.7. The molecule has 1 unspecified atom stereocenters. The van der Waals surface area contributed by atoms with Crippen molar-refractivity contribution in [1.29, 1.82) is 0 Å². The molecule has 2 aliphatic rings. The Hall–Kier alpha value is -1.39. The van der Waals surface area contributed by atoms with Gasteiger partial charge in [0.2, 0.25) is 5.91 Å². The monoisotopic (exact) mass is 315 g/mol. The van der Waals surface area contributed by atoms with Crippen molar-refractivity contribution in [2.24, 2.45) is 5.92 Å². The van der Waals surface area contributed by atoms with Gasteiger partial charge in [-0.05, 0) is 57.8 Å². The lowest BCUT2D eigenvalue weighted by atomic mass is 9.92. The highest BCUT2D eigenvalue weighted by Gasteiger charge is 2.27. The first-order valence-electron chi connectivity index (χ1n) is 9.03. The third-order valence-corrected chi connectivity index (χ3v) is 5.15. The van der Waals surface area contributed by atoms with E-state index >= 15 is 0 Å². The zero-order valence-corrected chi connectivity index (χ0v) is 14.1. The van der Waals surface area contributed by atoms with Gasteiger partial charge in [0.1, 0.15) is 0 Å². The van der Waals surface area contributed by atoms with Crippen LogP contribution >= 0.6 is 0 Å². The van der Waals surface area contributed by atoms with Crippen molar-refractivity contribution in [2.75, 3.05) is 26.2 Å². The molecular formula is C19H29N3O. The second-order valence-corrected chi connectivity index (χ2v) is 7.06. The number of rotatable bonds is 5. The number of likely N-dealkylation sites (tertiary alicyclic amines) is 1. The molecule has 1 aromatic rings. The molecule has 2 heterocycles. The summed E-state index contributed by atoms with van der Waals surface area (Å²) < 4.78 is 0. The number of amides is 1. The van der Waals surface area contributed by atoms with Crippen LogP contribution in [0.5, 0.6) is 0 Å². The Labute approximate surface area is 139 Å². The van der Waals surface area contributed by atoms with Gasteiger partial charge in [-0.3, -0.25) is 4.79 Å². The van der Waals surface area contributed by atoms with E-state index in [1.165, 1.54) is 18.4 Å². The number of carbonyl (C=O) groups is 1. The molecule has 126 valence electrons. The van der Waals surface area contributed by atoms with Gasteiger partial charge in [0.15, 0.2) is 0 Å². The van der Waals surface area contributed by atoms with Crippen LogP contribution in [-0.2, 0) is 4.79 Å². The molecule has 3 rings (SSSR count). The maximum Gasteiger partial charge on any atom is 0.223 e. The van der Waals surface area contributed by atoms with E-state index in [0.29, 0.717) is 6.04 Å². The predicted molar refractivity (Wildman–Crippen MR) is 93.2 cm³/mol. The lowest BCUT2D eigenvalue weighted by Crippen LogP contribution is -2.45. The number of piperidine rings is 1. The van der Waals surface area contributed by atoms with Crippen LogP contribution in [0.2, 0.25) is 0 Å². The highest BCUT2D eigenvalue weighted by molar-refractivity contribution is 5.79. The minimum absolute atomic E-state index is 0.104. The van der Waals surface area contributed by atoms with Gasteiger partial charge in [-0.1, -0.05) is 30.3 Å². The highest BCUT2D eigenvalue weighted by Crippen LogP contribution is 2.21. The number of carbonyl (C=O) groups excluding carboxylic acids is 1. The third-order valence-electron chi connectivity index (χ3n) is 5.15. The summed E-state index contributed by atoms with van der Waals surface area (Å²) in [5.74, 6) is 0.377. The molecule has 0 aliphatic carbocycles. The normalized spacial score (nSPS) is 26.8. The Bertz CT molecular complexity index is 499. The van der Waals surface area contributed by atoms with E-state index < -0.39 is 0 Å². The van der Waals surface area contributed by atoms with Gasteiger partial charge < -0.3 is 15.5 Å². The van der Waals surface area contributed by atoms with Crippen molar-refractivity contribution in [3.05, 3.63) is 35.9 Å². The standard InChI is InChI=1S/C19H29N3O/c1-15-13-17(9-10-20-15)19(23)21-18(14-22-11-5-6-12-22)16-7-3-2-4-8-16/h2-4,7-8,15,17-18,20H,5-6,9-14H2,1H3,(H,21,23)/t15-,17-,18?/m0/s1. The van der Waals surface area contributed by atoms with E-state index in [2.05, 4.69) is 46.7 Å². The second-order valence-electron chi connectivity index (χ2n) is 7.06. The van der Waals surface area contributed by atoms with Crippen LogP contribution in [0.25, 0.3) is 0 Å². The molecule has 4 heteroatoms. The molecule has 0 radical (unpaired) electrons. The summed E-state index contributed by atoms with van der Waals surface area (Å²) in [7, 11) is 0. The quantitative estimate of drug-likeness (QED) is 0.876. The van der Waals surface area contributed by atoms with Gasteiger partial charge in [-0.25, -0.2) is 0 Å². The van der Waals surface area contributed by atoms with E-state index in [4.69, 9.17) is 0 Å². The third kappa shape index (κ3) is 4.55. The first-order chi connectivity index (χ1) is 11.2. The molecule has 0 saturated carbocycles. The average molecular weight is 315 g/mol. The summed E-state index contributed by atoms with van der Waals surface area (Å²) >= 11 is 0. The number of hydrogen-bond acceptors (Lipinski definition) is 3. The minimum atomic E-state index is 0.104. The Balaban J connectivity index is 1.66. The van der Waals surface area contributed by atoms with E-state index in [1.54, 1.807) is 0 Å². The molecule has 1 amide bonds. The number of nitrogens with zero attached hydrogens (tertiary/aromatic N) is 1. The minimum Gasteiger partial charge on any atom is -0.348 e. The SMILES string of the molecule is C[C@H]1C[C@@H](C(=O)NC(CN2CCCC2)c2ccccc2)CCN1. The number of benzene rings is 1. The van der Waals surface area contributed by atoms with Gasteiger partial charge in [-0.15, -0.1) is 0 Å². The van der Waals surface area contributed by atoms with Crippen LogP contribution in [0.4, 0.5) is 0 Å². The van der Waals surface area contributed by atoms with Crippen LogP contribution in [0.3, 0.4) is 0 Å². The largest absolute Gasteiger partial charge is 0.348 e. The van der Waals surface area contributed by atoms with Crippen LogP contribution in [0.1, 0.15) is 44.2 Å². The summed E-state index contributed by atoms with van der Waals surface area (Å²) in [5, 5.41) is 6.76. The molecule has 0 aromatic heterocycles. The summed E-state index contributed by atoms with van der Waals surface area (Å²) in [6, 6.07) is 11.0. The van der Waals surface area contributed by atoms with Crippen molar-refractivity contribution in [1.82, 2.24) is 15.5 Å². The predicted octanol–water partition coefficient (Wildman–Crippen LogP) is 2.33. The number of hydrogen-bond donors (Lipinski definition) is 2. The Kier molecular flexibility index (Phi) is 5.68. The van der Waals surface area contributed by atoms with Gasteiger partial charge in [0.05, 0.1) is 6.04 Å². The lowest BCUT2D eigenvalue weighted by Gasteiger charge is -2.30. The summed E-state index contributed by atoms with van der Waals surface area (Å²) in [5.41, 5.74) is 1.22. The highest BCUT2D eigenvalue weighted by atomic mass is 16.2. The maximum absolute atomic E-state index is 12.7. The molecule has 3 atom stereocenters. The smallest absolute Gasteiger partial charge is 0.223 e. The molecule has 2 aliphatic heterocycles. The topological polar surface area (TPSA) is 44.4 Å². The summed E-state index contributed by atoms with van der Waals surface area (Å²) in [6.45, 7) is 6.35. The van der Waals surface area contributed by atoms with Gasteiger partial charge >= 0.3 is 0 Å². The fourth-order valence-electron chi connectivity index (χ4n) is 3.80. The van der Waals surface area contributed by atoms with E-state index in [9.17, 15) is 4.79 Å². The van der Waals surface area contributed by atoms with Gasteiger partial charge in [0.25, 0.3) is 0 Å². The summed E-state index contributed by atoms with van der Waals surface area (Å²) in [6.07, 6.45) is 4.45. The van der Waals surface area contributed by atoms with Crippen LogP contribution in [0, 0.1) is 5.92 Å². The fraction of sp³-hybridized carbons (Fsp3) is 0.632. The molecule has 23 heavy (non-hydrogen) atoms. The molecule has 2 N–H and O–H groups in total. The van der Waals surface area contributed by atoms with Crippen LogP contribution in [-0.4, -0.2) is 43.0 Å². The zero-order chi connectivity index (χ0) is 16.1. The first kappa shape index (κ1) is 16.5. The zero-order valence-electron chi connectivity index (χ0n) is 14.1. The van der Waals surface area contributed by atoms with Crippen molar-refractivity contribution in [3.63, 3.8) is 0 Å². The van der Waals surface area contributed by atoms with Gasteiger partial charge in [-0.2, -0.15) is 0 Å². The first-order valence-corrected chi connectivity index (χ1v) is 9.03. The van der Waals surface area contributed by atoms with Crippen molar-refractivity contribution < 1.29 is 4.79 Å². The van der Waals surface area contributed by atoms with E-state index in [-0.39, 0.29) is 17.9 Å². The summed E-state index contributed by atoms with van der Waals surface area (Å²) in [4.78, 5) is 15.2. The molecule has 0 spiro atoms. The van der Waals surface area contributed by atoms with Crippen LogP contribution < -0.4 is 10.6 Å². The lowest BCUT2D eigenvalue weighted by molar-refractivity contribution is -0.127. The van der Waals surface area contributed by atoms with Crippen molar-refractivity contribution in [2.45, 2.75) is 44.7 Å². The second kappa shape index (κ2) is 7.93.